The number of rotatable bonds is 0. The highest BCUT2D eigenvalue weighted by Crippen LogP contribution is 2.02. The smallest absolute Gasteiger partial charge is 0.121 e. The Morgan fingerprint density at radius 2 is 2.62 bits per heavy atom. The number of nitrogens with zero attached hydrogens (tertiary/aromatic N) is 2. The van der Waals surface area contributed by atoms with E-state index >= 15 is 0 Å². The Labute approximate surface area is 61.8 Å². The summed E-state index contributed by atoms with van der Waals surface area (Å²) in [6.07, 6.45) is 3.67. The van der Waals surface area contributed by atoms with Crippen LogP contribution in [0.25, 0.3) is 0 Å². The van der Waals surface area contributed by atoms with Crippen LogP contribution in [0.3, 0.4) is 0 Å². The Morgan fingerprint density at radius 3 is 3.00 bits per heavy atom. The first-order valence-corrected chi connectivity index (χ1v) is 3.16. The van der Waals surface area contributed by atoms with E-state index in [1.807, 2.05) is 9.31 Å². The molecule has 4 heteroatoms. The fourth-order valence-electron chi connectivity index (χ4n) is 0.406. The van der Waals surface area contributed by atoms with Crippen molar-refractivity contribution in [1.82, 2.24) is 3.11 Å². The van der Waals surface area contributed by atoms with Gasteiger partial charge in [-0.2, -0.15) is 0 Å². The van der Waals surface area contributed by atoms with Gasteiger partial charge in [0.1, 0.15) is 12.5 Å². The van der Waals surface area contributed by atoms with Crippen LogP contribution in [0.1, 0.15) is 0 Å². The van der Waals surface area contributed by atoms with Crippen LogP contribution >= 0.6 is 22.9 Å². The van der Waals surface area contributed by atoms with Gasteiger partial charge in [-0.15, -0.1) is 0 Å². The van der Waals surface area contributed by atoms with Crippen LogP contribution in [0.4, 0.5) is 0 Å². The van der Waals surface area contributed by atoms with E-state index in [0.717, 1.165) is 0 Å². The third-order valence-electron chi connectivity index (χ3n) is 0.795. The highest BCUT2D eigenvalue weighted by Gasteiger charge is 1.95. The molecule has 1 aliphatic heterocycles. The summed E-state index contributed by atoms with van der Waals surface area (Å²) in [6.45, 7) is 0.670. The lowest BCUT2D eigenvalue weighted by atomic mass is 10.5. The first-order valence-electron chi connectivity index (χ1n) is 2.19. The Hall–Kier alpha value is -0.260. The van der Waals surface area contributed by atoms with Crippen molar-refractivity contribution >= 4 is 28.7 Å². The largest absolute Gasteiger partial charge is 0.384 e. The van der Waals surface area contributed by atoms with Crippen molar-refractivity contribution in [2.24, 2.45) is 10.7 Å². The molecule has 0 atom stereocenters. The van der Waals surface area contributed by atoms with Gasteiger partial charge in [0.05, 0.1) is 22.9 Å². The summed E-state index contributed by atoms with van der Waals surface area (Å²) in [6, 6.07) is 0. The molecule has 8 heavy (non-hydrogen) atoms. The molecule has 2 N–H and O–H groups in total. The van der Waals surface area contributed by atoms with Crippen molar-refractivity contribution in [3.63, 3.8) is 0 Å². The van der Waals surface area contributed by atoms with Gasteiger partial charge in [0.15, 0.2) is 0 Å². The molecule has 0 aromatic heterocycles. The minimum Gasteiger partial charge on any atom is -0.384 e. The lowest BCUT2D eigenvalue weighted by Gasteiger charge is -2.10. The molecular formula is C4H6IN3. The lowest BCUT2D eigenvalue weighted by molar-refractivity contribution is 0.679. The van der Waals surface area contributed by atoms with Crippen molar-refractivity contribution in [3.8, 4) is 0 Å². The van der Waals surface area contributed by atoms with Gasteiger partial charge in [-0.1, -0.05) is 0 Å². The number of halogens is 1. The van der Waals surface area contributed by atoms with Gasteiger partial charge in [-0.25, -0.2) is 4.99 Å². The molecule has 0 fully saturated rings. The first kappa shape index (κ1) is 5.87. The SMILES string of the molecule is NC1=NCN(I)C=C1. The van der Waals surface area contributed by atoms with Crippen LogP contribution in [0.2, 0.25) is 0 Å². The Morgan fingerprint density at radius 1 is 1.88 bits per heavy atom. The maximum atomic E-state index is 5.33. The van der Waals surface area contributed by atoms with Crippen molar-refractivity contribution in [3.05, 3.63) is 12.3 Å². The zero-order valence-electron chi connectivity index (χ0n) is 4.21. The van der Waals surface area contributed by atoms with Crippen molar-refractivity contribution in [1.29, 1.82) is 0 Å². The summed E-state index contributed by atoms with van der Waals surface area (Å²) >= 11 is 2.15. The molecule has 0 aromatic rings. The van der Waals surface area contributed by atoms with Gasteiger partial charge in [0, 0.05) is 6.20 Å². The molecule has 0 saturated heterocycles. The quantitative estimate of drug-likeness (QED) is 0.479. The Kier molecular flexibility index (Phi) is 1.72. The third kappa shape index (κ3) is 1.36. The van der Waals surface area contributed by atoms with Gasteiger partial charge < -0.3 is 8.85 Å². The third-order valence-corrected chi connectivity index (χ3v) is 1.42. The molecule has 1 heterocycles. The fourth-order valence-corrected chi connectivity index (χ4v) is 0.720. The van der Waals surface area contributed by atoms with Crippen LogP contribution in [0.5, 0.6) is 0 Å². The van der Waals surface area contributed by atoms with E-state index in [-0.39, 0.29) is 0 Å². The second kappa shape index (κ2) is 2.34. The highest BCUT2D eigenvalue weighted by molar-refractivity contribution is 14.1. The second-order valence-electron chi connectivity index (χ2n) is 1.44. The molecule has 0 spiro atoms. The van der Waals surface area contributed by atoms with Crippen LogP contribution in [-0.2, 0) is 0 Å². The molecule has 0 amide bonds. The van der Waals surface area contributed by atoms with E-state index in [4.69, 9.17) is 5.73 Å². The maximum absolute atomic E-state index is 5.33. The molecule has 3 nitrogen and oxygen atoms in total. The average Bonchev–Trinajstić information content (AvgIpc) is 1.77. The predicted octanol–water partition coefficient (Wildman–Crippen LogP) is 0.480. The van der Waals surface area contributed by atoms with E-state index in [9.17, 15) is 0 Å². The lowest BCUT2D eigenvalue weighted by Crippen LogP contribution is -2.17. The minimum absolute atomic E-state index is 0.609. The van der Waals surface area contributed by atoms with Crippen molar-refractivity contribution < 1.29 is 0 Å². The van der Waals surface area contributed by atoms with Crippen LogP contribution < -0.4 is 5.73 Å². The number of hydrogen-bond donors (Lipinski definition) is 1. The molecule has 0 aliphatic carbocycles. The van der Waals surface area contributed by atoms with Gasteiger partial charge in [-0.3, -0.25) is 0 Å². The van der Waals surface area contributed by atoms with E-state index in [1.54, 1.807) is 6.08 Å². The normalized spacial score (nSPS) is 18.6. The van der Waals surface area contributed by atoms with Gasteiger partial charge in [0.2, 0.25) is 0 Å². The maximum Gasteiger partial charge on any atom is 0.121 e. The minimum atomic E-state index is 0.609. The van der Waals surface area contributed by atoms with Crippen LogP contribution in [0.15, 0.2) is 17.3 Å². The van der Waals surface area contributed by atoms with Gasteiger partial charge in [0.25, 0.3) is 0 Å². The summed E-state index contributed by atoms with van der Waals surface area (Å²) in [4.78, 5) is 3.94. The van der Waals surface area contributed by atoms with E-state index < -0.39 is 0 Å². The number of aliphatic imine (C=N–C) groups is 1. The Balaban J connectivity index is 2.58. The van der Waals surface area contributed by atoms with E-state index in [0.29, 0.717) is 12.5 Å². The summed E-state index contributed by atoms with van der Waals surface area (Å²) in [5.41, 5.74) is 5.33. The molecule has 1 rings (SSSR count). The second-order valence-corrected chi connectivity index (χ2v) is 2.68. The number of hydrogen-bond acceptors (Lipinski definition) is 3. The van der Waals surface area contributed by atoms with Crippen molar-refractivity contribution in [2.45, 2.75) is 0 Å². The number of nitrogens with two attached hydrogens (primary N) is 1. The van der Waals surface area contributed by atoms with E-state index in [2.05, 4.69) is 27.9 Å². The predicted molar refractivity (Wildman–Crippen MR) is 41.5 cm³/mol. The molecule has 0 radical (unpaired) electrons. The number of amidine groups is 1. The topological polar surface area (TPSA) is 41.6 Å². The van der Waals surface area contributed by atoms with E-state index in [1.165, 1.54) is 0 Å². The molecule has 44 valence electrons. The molecule has 0 aromatic carbocycles. The van der Waals surface area contributed by atoms with Gasteiger partial charge in [-0.05, 0) is 6.08 Å². The molecule has 0 unspecified atom stereocenters. The van der Waals surface area contributed by atoms with Crippen LogP contribution in [-0.4, -0.2) is 15.6 Å². The van der Waals surface area contributed by atoms with Crippen molar-refractivity contribution in [2.75, 3.05) is 6.67 Å². The zero-order chi connectivity index (χ0) is 5.98. The fraction of sp³-hybridized carbons (Fsp3) is 0.250. The summed E-state index contributed by atoms with van der Waals surface area (Å²) in [5, 5.41) is 0. The summed E-state index contributed by atoms with van der Waals surface area (Å²) < 4.78 is 1.92. The molecule has 0 saturated carbocycles. The highest BCUT2D eigenvalue weighted by atomic mass is 127. The molecular weight excluding hydrogens is 217 g/mol. The standard InChI is InChI=1S/C4H6IN3/c5-8-2-1-4(6)7-3-8/h1-2H,3H2,(H2,6,7). The zero-order valence-corrected chi connectivity index (χ0v) is 6.37. The average molecular weight is 223 g/mol. The monoisotopic (exact) mass is 223 g/mol. The van der Waals surface area contributed by atoms with Gasteiger partial charge >= 0.3 is 0 Å². The Bertz CT molecular complexity index is 140. The molecule has 0 bridgehead atoms. The summed E-state index contributed by atoms with van der Waals surface area (Å²) in [5.74, 6) is 0.609. The summed E-state index contributed by atoms with van der Waals surface area (Å²) in [7, 11) is 0. The van der Waals surface area contributed by atoms with Crippen LogP contribution in [0, 0.1) is 0 Å². The first-order chi connectivity index (χ1) is 3.79. The molecule has 1 aliphatic rings.